The third-order valence-electron chi connectivity index (χ3n) is 0.744. The molecule has 0 aromatic carbocycles. The number of ether oxygens (including phenoxy) is 2. The first-order valence-corrected chi connectivity index (χ1v) is 2.15. The van der Waals surface area contributed by atoms with Crippen LogP contribution in [0.3, 0.4) is 0 Å². The van der Waals surface area contributed by atoms with E-state index in [9.17, 15) is 0 Å². The largest absolute Gasteiger partial charge is 0.377 e. The Labute approximate surface area is 56.8 Å². The Morgan fingerprint density at radius 2 is 1.00 bits per heavy atom. The summed E-state index contributed by atoms with van der Waals surface area (Å²) >= 11 is 0. The quantitative estimate of drug-likeness (QED) is 0.620. The molecule has 1 aliphatic heterocycles. The van der Waals surface area contributed by atoms with Gasteiger partial charge < -0.3 is 9.47 Å². The first-order chi connectivity index (χ1) is 3.00. The van der Waals surface area contributed by atoms with Crippen LogP contribution in [0, 0.1) is 0 Å². The van der Waals surface area contributed by atoms with E-state index in [-0.39, 0.29) is 20.4 Å². The summed E-state index contributed by atoms with van der Waals surface area (Å²) in [7, 11) is 0. The average molecular weight is 274 g/mol. The Balaban J connectivity index is 0.000000360. The van der Waals surface area contributed by atoms with Gasteiger partial charge in [-0.2, -0.15) is 0 Å². The Morgan fingerprint density at radius 3 is 1.14 bits per heavy atom. The van der Waals surface area contributed by atoms with Crippen LogP contribution < -0.4 is 0 Å². The molecule has 1 aliphatic rings. The third kappa shape index (κ3) is 3.19. The summed E-state index contributed by atoms with van der Waals surface area (Å²) in [4.78, 5) is 0. The average Bonchev–Trinajstić information content (AvgIpc) is 1.72. The fourth-order valence-corrected chi connectivity index (χ4v) is 0.440. The Bertz CT molecular complexity index is 25.2. The zero-order chi connectivity index (χ0) is 4.24. The molecule has 0 N–H and O–H groups in total. The second-order valence-electron chi connectivity index (χ2n) is 1.22. The van der Waals surface area contributed by atoms with Crippen molar-refractivity contribution in [3.63, 3.8) is 0 Å². The molecule has 0 unspecified atom stereocenters. The molecule has 3 heteroatoms. The normalized spacial score (nSPS) is 20.6. The first kappa shape index (κ1) is 7.58. The van der Waals surface area contributed by atoms with Gasteiger partial charge in [0.2, 0.25) is 0 Å². The molecular formula is C4H8O2Re. The molecule has 1 fully saturated rings. The Hall–Kier alpha value is 0.582. The van der Waals surface area contributed by atoms with E-state index in [4.69, 9.17) is 9.47 Å². The van der Waals surface area contributed by atoms with Crippen LogP contribution in [-0.2, 0) is 29.9 Å². The van der Waals surface area contributed by atoms with Gasteiger partial charge in [0.1, 0.15) is 0 Å². The van der Waals surface area contributed by atoms with Gasteiger partial charge in [-0.15, -0.1) is 0 Å². The Morgan fingerprint density at radius 1 is 0.714 bits per heavy atom. The number of hydrogen-bond acceptors (Lipinski definition) is 2. The maximum absolute atomic E-state index is 4.94. The molecule has 1 radical (unpaired) electrons. The van der Waals surface area contributed by atoms with Gasteiger partial charge in [-0.25, -0.2) is 0 Å². The van der Waals surface area contributed by atoms with Gasteiger partial charge in [-0.3, -0.25) is 0 Å². The number of rotatable bonds is 0. The summed E-state index contributed by atoms with van der Waals surface area (Å²) in [5.41, 5.74) is 0. The molecule has 1 heterocycles. The van der Waals surface area contributed by atoms with Gasteiger partial charge >= 0.3 is 0 Å². The summed E-state index contributed by atoms with van der Waals surface area (Å²) in [5.74, 6) is 0. The van der Waals surface area contributed by atoms with Crippen molar-refractivity contribution in [1.29, 1.82) is 0 Å². The molecule has 7 heavy (non-hydrogen) atoms. The van der Waals surface area contributed by atoms with E-state index >= 15 is 0 Å². The SMILES string of the molecule is C1COCCO1.[Re]. The molecular weight excluding hydrogens is 266 g/mol. The third-order valence-corrected chi connectivity index (χ3v) is 0.744. The second kappa shape index (κ2) is 4.73. The molecule has 1 rings (SSSR count). The summed E-state index contributed by atoms with van der Waals surface area (Å²) in [5, 5.41) is 0. The maximum atomic E-state index is 4.94. The van der Waals surface area contributed by atoms with Gasteiger partial charge in [-0.05, 0) is 0 Å². The van der Waals surface area contributed by atoms with Crippen LogP contribution in [0.5, 0.6) is 0 Å². The standard InChI is InChI=1S/C4H8O2.Re/c1-2-6-4-3-5-1;/h1-4H2;. The predicted molar refractivity (Wildman–Crippen MR) is 21.6 cm³/mol. The monoisotopic (exact) mass is 275 g/mol. The fourth-order valence-electron chi connectivity index (χ4n) is 0.440. The minimum atomic E-state index is 0. The molecule has 0 bridgehead atoms. The zero-order valence-corrected chi connectivity index (χ0v) is 6.74. The topological polar surface area (TPSA) is 18.5 Å². The van der Waals surface area contributed by atoms with Crippen molar-refractivity contribution in [3.8, 4) is 0 Å². The number of hydrogen-bond donors (Lipinski definition) is 0. The fraction of sp³-hybridized carbons (Fsp3) is 1.00. The van der Waals surface area contributed by atoms with Crippen molar-refractivity contribution in [2.75, 3.05) is 26.4 Å². The van der Waals surface area contributed by atoms with Gasteiger partial charge in [0.15, 0.2) is 0 Å². The van der Waals surface area contributed by atoms with Crippen molar-refractivity contribution in [2.24, 2.45) is 0 Å². The second-order valence-corrected chi connectivity index (χ2v) is 1.22. The zero-order valence-electron chi connectivity index (χ0n) is 4.02. The van der Waals surface area contributed by atoms with E-state index < -0.39 is 0 Å². The predicted octanol–water partition coefficient (Wildman–Crippen LogP) is 0.0307. The molecule has 2 nitrogen and oxygen atoms in total. The van der Waals surface area contributed by atoms with Gasteiger partial charge in [0.25, 0.3) is 0 Å². The van der Waals surface area contributed by atoms with Crippen LogP contribution in [0.25, 0.3) is 0 Å². The van der Waals surface area contributed by atoms with E-state index in [1.165, 1.54) is 0 Å². The van der Waals surface area contributed by atoms with E-state index in [2.05, 4.69) is 0 Å². The smallest absolute Gasteiger partial charge is 0.0701 e. The summed E-state index contributed by atoms with van der Waals surface area (Å²) in [6.07, 6.45) is 0. The Kier molecular flexibility index (Phi) is 5.13. The van der Waals surface area contributed by atoms with E-state index in [1.54, 1.807) is 0 Å². The maximum Gasteiger partial charge on any atom is 0.0701 e. The molecule has 0 amide bonds. The van der Waals surface area contributed by atoms with Crippen molar-refractivity contribution in [2.45, 2.75) is 0 Å². The molecule has 0 aromatic rings. The minimum Gasteiger partial charge on any atom is -0.377 e. The van der Waals surface area contributed by atoms with Crippen LogP contribution >= 0.6 is 0 Å². The summed E-state index contributed by atoms with van der Waals surface area (Å²) in [6, 6.07) is 0. The minimum absolute atomic E-state index is 0. The molecule has 1 saturated heterocycles. The molecule has 0 aromatic heterocycles. The van der Waals surface area contributed by atoms with Crippen molar-refractivity contribution in [3.05, 3.63) is 0 Å². The van der Waals surface area contributed by atoms with Gasteiger partial charge in [-0.1, -0.05) is 0 Å². The summed E-state index contributed by atoms with van der Waals surface area (Å²) in [6.45, 7) is 3.11. The van der Waals surface area contributed by atoms with Crippen LogP contribution in [0.1, 0.15) is 0 Å². The molecule has 0 spiro atoms. The van der Waals surface area contributed by atoms with E-state index in [0.29, 0.717) is 0 Å². The van der Waals surface area contributed by atoms with Gasteiger partial charge in [0, 0.05) is 20.4 Å². The van der Waals surface area contributed by atoms with Crippen molar-refractivity contribution < 1.29 is 29.9 Å². The molecule has 0 saturated carbocycles. The van der Waals surface area contributed by atoms with E-state index in [0.717, 1.165) is 26.4 Å². The first-order valence-electron chi connectivity index (χ1n) is 2.15. The summed E-state index contributed by atoms with van der Waals surface area (Å²) < 4.78 is 9.89. The van der Waals surface area contributed by atoms with Crippen LogP contribution in [0.4, 0.5) is 0 Å². The van der Waals surface area contributed by atoms with Crippen LogP contribution in [0.15, 0.2) is 0 Å². The molecule has 43 valence electrons. The molecule has 0 atom stereocenters. The van der Waals surface area contributed by atoms with E-state index in [1.807, 2.05) is 0 Å². The van der Waals surface area contributed by atoms with Crippen LogP contribution in [0.2, 0.25) is 0 Å². The van der Waals surface area contributed by atoms with Gasteiger partial charge in [0.05, 0.1) is 26.4 Å². The van der Waals surface area contributed by atoms with Crippen LogP contribution in [-0.4, -0.2) is 26.4 Å². The van der Waals surface area contributed by atoms with Crippen molar-refractivity contribution in [1.82, 2.24) is 0 Å². The van der Waals surface area contributed by atoms with Crippen molar-refractivity contribution >= 4 is 0 Å². The molecule has 0 aliphatic carbocycles.